The molecule has 29 heavy (non-hydrogen) atoms. The number of hydrogen-bond acceptors (Lipinski definition) is 0. The molecule has 0 spiro atoms. The molecule has 4 heteroatoms. The summed E-state index contributed by atoms with van der Waals surface area (Å²) in [5.74, 6) is 4.05. The van der Waals surface area contributed by atoms with Gasteiger partial charge in [0.25, 0.3) is 0 Å². The highest BCUT2D eigenvalue weighted by atomic mass is 127. The number of nitrogens with zero attached hydrogens (tertiary/aromatic N) is 2. The minimum atomic E-state index is 0. The van der Waals surface area contributed by atoms with Gasteiger partial charge in [-0.25, -0.2) is 0 Å². The highest BCUT2D eigenvalue weighted by Crippen LogP contribution is 2.67. The highest BCUT2D eigenvalue weighted by Gasteiger charge is 2.63. The van der Waals surface area contributed by atoms with Gasteiger partial charge in [0.2, 0.25) is 0 Å². The summed E-state index contributed by atoms with van der Waals surface area (Å²) in [7, 11) is 14.6. The Balaban J connectivity index is 0.00000150. The Hall–Kier alpha value is 1.38. The molecule has 0 N–H and O–H groups in total. The van der Waals surface area contributed by atoms with Crippen molar-refractivity contribution in [2.24, 2.45) is 34.5 Å². The predicted octanol–water partition coefficient (Wildman–Crippen LogP) is -0.813. The average Bonchev–Trinajstić information content (AvgIpc) is 2.90. The van der Waals surface area contributed by atoms with Gasteiger partial charge in [-0.15, -0.1) is 0 Å². The van der Waals surface area contributed by atoms with Crippen LogP contribution in [0.3, 0.4) is 0 Å². The maximum absolute atomic E-state index is 2.73. The fourth-order valence-corrected chi connectivity index (χ4v) is 9.18. The topological polar surface area (TPSA) is 0 Å². The lowest BCUT2D eigenvalue weighted by atomic mass is 9.44. The van der Waals surface area contributed by atoms with Crippen LogP contribution in [0.25, 0.3) is 0 Å². The number of fused-ring (bicyclic) bond motifs is 5. The molecule has 172 valence electrons. The van der Waals surface area contributed by atoms with Gasteiger partial charge in [0.05, 0.1) is 54.4 Å². The smallest absolute Gasteiger partial charge is 0.0941 e. The molecule has 4 saturated carbocycles. The van der Waals surface area contributed by atoms with Gasteiger partial charge in [-0.05, 0) is 74.0 Å². The van der Waals surface area contributed by atoms with Crippen LogP contribution in [0.15, 0.2) is 0 Å². The zero-order valence-corrected chi connectivity index (χ0v) is 24.8. The Morgan fingerprint density at radius 1 is 0.621 bits per heavy atom. The van der Waals surface area contributed by atoms with Gasteiger partial charge in [0, 0.05) is 18.3 Å². The van der Waals surface area contributed by atoms with E-state index in [0.29, 0.717) is 10.8 Å². The van der Waals surface area contributed by atoms with Gasteiger partial charge < -0.3 is 56.9 Å². The molecule has 0 saturated heterocycles. The molecule has 0 aromatic carbocycles. The second-order valence-corrected chi connectivity index (χ2v) is 13.5. The summed E-state index contributed by atoms with van der Waals surface area (Å²) in [6.45, 7) is 5.42. The third-order valence-electron chi connectivity index (χ3n) is 10.6. The Morgan fingerprint density at radius 2 is 1.21 bits per heavy atom. The van der Waals surface area contributed by atoms with Crippen molar-refractivity contribution in [3.8, 4) is 0 Å². The quantitative estimate of drug-likeness (QED) is 0.277. The molecule has 2 unspecified atom stereocenters. The summed E-state index contributed by atoms with van der Waals surface area (Å²) in [6.07, 6.45) is 13.5. The van der Waals surface area contributed by atoms with E-state index in [1.54, 1.807) is 6.42 Å². The Labute approximate surface area is 216 Å². The minimum absolute atomic E-state index is 0. The second-order valence-electron chi connectivity index (χ2n) is 13.5. The van der Waals surface area contributed by atoms with Gasteiger partial charge in [-0.1, -0.05) is 13.8 Å². The van der Waals surface area contributed by atoms with Crippen LogP contribution in [0.4, 0.5) is 0 Å². The number of quaternary nitrogens is 2. The molecular weight excluding hydrogens is 582 g/mol. The third kappa shape index (κ3) is 4.32. The van der Waals surface area contributed by atoms with E-state index in [9.17, 15) is 0 Å². The molecule has 4 fully saturated rings. The van der Waals surface area contributed by atoms with Gasteiger partial charge in [-0.3, -0.25) is 0 Å². The van der Waals surface area contributed by atoms with Crippen LogP contribution in [-0.2, 0) is 0 Å². The van der Waals surface area contributed by atoms with Crippen LogP contribution in [0.5, 0.6) is 0 Å². The molecule has 8 atom stereocenters. The first-order chi connectivity index (χ1) is 12.4. The van der Waals surface area contributed by atoms with Crippen LogP contribution in [-0.4, -0.2) is 63.3 Å². The van der Waals surface area contributed by atoms with Crippen LogP contribution in [0.1, 0.15) is 71.6 Å². The van der Waals surface area contributed by atoms with E-state index < -0.39 is 0 Å². The Bertz CT molecular complexity index is 580. The van der Waals surface area contributed by atoms with Gasteiger partial charge >= 0.3 is 0 Å². The first kappa shape index (κ1) is 26.6. The van der Waals surface area contributed by atoms with E-state index in [2.05, 4.69) is 56.1 Å². The molecule has 0 aromatic heterocycles. The monoisotopic (exact) mass is 630 g/mol. The van der Waals surface area contributed by atoms with E-state index in [0.717, 1.165) is 35.8 Å². The standard InChI is InChI=1S/C25H48N2.2HI/c1-24-15-13-19(26(3,4)5)17-18(24)9-10-20-21-11-12-23(27(6,7)8)25(21,2)16-14-22(20)24;;/h18-23H,9-17H2,1-8H3;2*1H/q+2;;/p-2/t18-,19+,20-,21?,22?,23+,24-,25-;;/m0../s1. The van der Waals surface area contributed by atoms with E-state index >= 15 is 0 Å². The first-order valence-electron chi connectivity index (χ1n) is 12.0. The summed E-state index contributed by atoms with van der Waals surface area (Å²) < 4.78 is 2.35. The van der Waals surface area contributed by atoms with Crippen LogP contribution >= 0.6 is 0 Å². The number of halogens is 2. The largest absolute Gasteiger partial charge is 1.00 e. The lowest BCUT2D eigenvalue weighted by Crippen LogP contribution is -3.00. The maximum atomic E-state index is 2.73. The summed E-state index contributed by atoms with van der Waals surface area (Å²) in [4.78, 5) is 0. The Morgan fingerprint density at radius 3 is 1.79 bits per heavy atom. The van der Waals surface area contributed by atoms with E-state index in [1.165, 1.54) is 60.3 Å². The molecule has 4 aliphatic rings. The molecule has 0 amide bonds. The normalized spacial score (nSPS) is 47.2. The SMILES string of the molecule is C[C@]12CCC3[C@@H](CC[C@H]4C[C@H]([N+](C)(C)C)CC[C@]34C)C1CC[C@H]2[N+](C)(C)C.[I-].[I-]. The van der Waals surface area contributed by atoms with E-state index in [-0.39, 0.29) is 48.0 Å². The number of rotatable bonds is 2. The summed E-state index contributed by atoms with van der Waals surface area (Å²) in [5.41, 5.74) is 1.24. The maximum Gasteiger partial charge on any atom is 0.0941 e. The summed E-state index contributed by atoms with van der Waals surface area (Å²) in [6, 6.07) is 1.77. The predicted molar refractivity (Wildman–Crippen MR) is 115 cm³/mol. The van der Waals surface area contributed by atoms with Crippen LogP contribution < -0.4 is 48.0 Å². The summed E-state index contributed by atoms with van der Waals surface area (Å²) >= 11 is 0. The van der Waals surface area contributed by atoms with Crippen molar-refractivity contribution >= 4 is 0 Å². The molecule has 0 heterocycles. The zero-order valence-electron chi connectivity index (χ0n) is 20.5. The molecule has 0 aliphatic heterocycles. The van der Waals surface area contributed by atoms with Crippen molar-refractivity contribution in [3.63, 3.8) is 0 Å². The van der Waals surface area contributed by atoms with Crippen molar-refractivity contribution in [1.29, 1.82) is 0 Å². The molecule has 2 nitrogen and oxygen atoms in total. The van der Waals surface area contributed by atoms with Gasteiger partial charge in [-0.2, -0.15) is 0 Å². The molecule has 0 radical (unpaired) electrons. The molecule has 4 rings (SSSR count). The van der Waals surface area contributed by atoms with Crippen LogP contribution in [0.2, 0.25) is 0 Å². The van der Waals surface area contributed by atoms with Crippen molar-refractivity contribution in [2.45, 2.75) is 83.7 Å². The first-order valence-corrected chi connectivity index (χ1v) is 12.0. The lowest BCUT2D eigenvalue weighted by molar-refractivity contribution is -0.903. The minimum Gasteiger partial charge on any atom is -1.00 e. The van der Waals surface area contributed by atoms with E-state index in [1.807, 2.05) is 0 Å². The average molecular weight is 630 g/mol. The lowest BCUT2D eigenvalue weighted by Gasteiger charge is -2.61. The van der Waals surface area contributed by atoms with Crippen molar-refractivity contribution in [1.82, 2.24) is 0 Å². The fraction of sp³-hybridized carbons (Fsp3) is 1.00. The molecular formula is C25H48I2N2. The molecule has 0 aromatic rings. The fourth-order valence-electron chi connectivity index (χ4n) is 9.18. The number of hydrogen-bond donors (Lipinski definition) is 0. The highest BCUT2D eigenvalue weighted by molar-refractivity contribution is 5.09. The summed E-state index contributed by atoms with van der Waals surface area (Å²) in [5, 5.41) is 0. The third-order valence-corrected chi connectivity index (χ3v) is 10.6. The van der Waals surface area contributed by atoms with Crippen molar-refractivity contribution < 1.29 is 56.9 Å². The molecule has 0 bridgehead atoms. The second kappa shape index (κ2) is 8.62. The van der Waals surface area contributed by atoms with Crippen molar-refractivity contribution in [3.05, 3.63) is 0 Å². The molecule has 4 aliphatic carbocycles. The van der Waals surface area contributed by atoms with Crippen molar-refractivity contribution in [2.75, 3.05) is 42.3 Å². The van der Waals surface area contributed by atoms with Gasteiger partial charge in [0.1, 0.15) is 0 Å². The zero-order chi connectivity index (χ0) is 19.8. The Kier molecular flexibility index (Phi) is 7.92. The van der Waals surface area contributed by atoms with E-state index in [4.69, 9.17) is 0 Å². The van der Waals surface area contributed by atoms with Gasteiger partial charge in [0.15, 0.2) is 0 Å². The van der Waals surface area contributed by atoms with Crippen LogP contribution in [0, 0.1) is 34.5 Å².